The summed E-state index contributed by atoms with van der Waals surface area (Å²) in [5, 5.41) is 3.75. The Morgan fingerprint density at radius 3 is 2.61 bits per heavy atom. The van der Waals surface area contributed by atoms with Crippen LogP contribution in [0.3, 0.4) is 0 Å². The van der Waals surface area contributed by atoms with E-state index in [9.17, 15) is 14.0 Å². The van der Waals surface area contributed by atoms with Crippen LogP contribution in [0.5, 0.6) is 0 Å². The van der Waals surface area contributed by atoms with Gasteiger partial charge in [-0.3, -0.25) is 4.79 Å². The lowest BCUT2D eigenvalue weighted by Crippen LogP contribution is -2.41. The molecule has 6 nitrogen and oxygen atoms in total. The molecule has 1 saturated heterocycles. The number of hydrogen-bond acceptors (Lipinski definition) is 3. The first kappa shape index (κ1) is 21.1. The maximum atomic E-state index is 13.2. The minimum Gasteiger partial charge on any atom is -0.322 e. The minimum atomic E-state index is -0.359. The summed E-state index contributed by atoms with van der Waals surface area (Å²) in [6.45, 7) is 5.48. The van der Waals surface area contributed by atoms with Gasteiger partial charge in [-0.15, -0.1) is 0 Å². The Kier molecular flexibility index (Phi) is 6.32. The number of anilines is 1. The summed E-state index contributed by atoms with van der Waals surface area (Å²) < 4.78 is 13.2. The van der Waals surface area contributed by atoms with Gasteiger partial charge in [0.15, 0.2) is 0 Å². The number of benzene rings is 2. The van der Waals surface area contributed by atoms with E-state index in [1.165, 1.54) is 37.1 Å². The van der Waals surface area contributed by atoms with Gasteiger partial charge in [0.05, 0.1) is 6.54 Å². The fourth-order valence-corrected chi connectivity index (χ4v) is 3.94. The van der Waals surface area contributed by atoms with Crippen molar-refractivity contribution in [1.82, 2.24) is 14.8 Å². The van der Waals surface area contributed by atoms with Gasteiger partial charge in [0.2, 0.25) is 0 Å². The summed E-state index contributed by atoms with van der Waals surface area (Å²) in [5.74, 6) is -0.359. The highest BCUT2D eigenvalue weighted by Gasteiger charge is 2.19. The molecule has 31 heavy (non-hydrogen) atoms. The number of urea groups is 1. The average molecular weight is 423 g/mol. The number of pyridine rings is 1. The molecular formula is C24H27FN4O2. The van der Waals surface area contributed by atoms with Gasteiger partial charge in [-0.25, -0.2) is 9.18 Å². The fraction of sp³-hybridized carbons (Fsp3) is 0.333. The lowest BCUT2D eigenvalue weighted by atomic mass is 10.1. The third-order valence-corrected chi connectivity index (χ3v) is 5.71. The van der Waals surface area contributed by atoms with E-state index in [0.717, 1.165) is 36.1 Å². The van der Waals surface area contributed by atoms with E-state index in [1.807, 2.05) is 31.2 Å². The van der Waals surface area contributed by atoms with Crippen LogP contribution in [0, 0.1) is 12.7 Å². The van der Waals surface area contributed by atoms with Gasteiger partial charge < -0.3 is 20.1 Å². The predicted molar refractivity (Wildman–Crippen MR) is 121 cm³/mol. The molecule has 0 radical (unpaired) electrons. The number of carbonyl (C=O) groups excluding carboxylic acids is 1. The molecule has 4 rings (SSSR count). The second-order valence-corrected chi connectivity index (χ2v) is 8.12. The Hall–Kier alpha value is -3.19. The lowest BCUT2D eigenvalue weighted by molar-refractivity contribution is 0.197. The molecule has 7 heteroatoms. The van der Waals surface area contributed by atoms with E-state index in [1.54, 1.807) is 4.90 Å². The summed E-state index contributed by atoms with van der Waals surface area (Å²) in [7, 11) is 0. The first-order chi connectivity index (χ1) is 15.0. The van der Waals surface area contributed by atoms with Crippen molar-refractivity contribution >= 4 is 22.6 Å². The van der Waals surface area contributed by atoms with Crippen molar-refractivity contribution in [2.24, 2.45) is 0 Å². The number of H-pyrrole nitrogens is 1. The molecule has 3 aromatic rings. The van der Waals surface area contributed by atoms with Crippen molar-refractivity contribution in [2.75, 3.05) is 31.5 Å². The van der Waals surface area contributed by atoms with Gasteiger partial charge in [0.25, 0.3) is 5.56 Å². The molecule has 0 bridgehead atoms. The van der Waals surface area contributed by atoms with Crippen LogP contribution in [0.1, 0.15) is 24.0 Å². The normalized spacial score (nSPS) is 14.1. The van der Waals surface area contributed by atoms with Crippen LogP contribution in [0.4, 0.5) is 14.9 Å². The van der Waals surface area contributed by atoms with Crippen LogP contribution >= 0.6 is 0 Å². The zero-order valence-corrected chi connectivity index (χ0v) is 17.7. The monoisotopic (exact) mass is 422 g/mol. The number of amides is 2. The summed E-state index contributed by atoms with van der Waals surface area (Å²) >= 11 is 0. The Balaban J connectivity index is 1.55. The molecule has 0 spiro atoms. The van der Waals surface area contributed by atoms with Gasteiger partial charge in [-0.1, -0.05) is 12.1 Å². The summed E-state index contributed by atoms with van der Waals surface area (Å²) in [6.07, 6.45) is 2.34. The number of aromatic amines is 1. The smallest absolute Gasteiger partial charge is 0.322 e. The maximum absolute atomic E-state index is 13.2. The molecule has 0 unspecified atom stereocenters. The van der Waals surface area contributed by atoms with E-state index in [-0.39, 0.29) is 24.0 Å². The van der Waals surface area contributed by atoms with Crippen molar-refractivity contribution in [3.8, 4) is 0 Å². The first-order valence-corrected chi connectivity index (χ1v) is 10.6. The van der Waals surface area contributed by atoms with E-state index in [2.05, 4.69) is 15.2 Å². The number of likely N-dealkylation sites (tertiary alicyclic amines) is 1. The highest BCUT2D eigenvalue weighted by atomic mass is 19.1. The number of nitrogens with zero attached hydrogens (tertiary/aromatic N) is 2. The van der Waals surface area contributed by atoms with Gasteiger partial charge in [0, 0.05) is 29.9 Å². The lowest BCUT2D eigenvalue weighted by Gasteiger charge is -2.26. The topological polar surface area (TPSA) is 68.4 Å². The van der Waals surface area contributed by atoms with Crippen LogP contribution in [-0.4, -0.2) is 47.0 Å². The SMILES string of the molecule is Cc1ccc2cc(CN(CCN3CCCC3)C(=O)Nc3ccc(F)cc3)c(=O)[nH]c2c1. The Morgan fingerprint density at radius 1 is 1.13 bits per heavy atom. The predicted octanol–water partition coefficient (Wildman–Crippen LogP) is 4.11. The molecule has 0 atom stereocenters. The van der Waals surface area contributed by atoms with Crippen LogP contribution in [0.2, 0.25) is 0 Å². The average Bonchev–Trinajstić information content (AvgIpc) is 3.26. The number of hydrogen-bond donors (Lipinski definition) is 2. The quantitative estimate of drug-likeness (QED) is 0.628. The van der Waals surface area contributed by atoms with E-state index >= 15 is 0 Å². The van der Waals surface area contributed by atoms with Gasteiger partial charge in [-0.2, -0.15) is 0 Å². The molecule has 2 heterocycles. The number of carbonyl (C=O) groups is 1. The third-order valence-electron chi connectivity index (χ3n) is 5.71. The molecular weight excluding hydrogens is 395 g/mol. The summed E-state index contributed by atoms with van der Waals surface area (Å²) in [4.78, 5) is 32.6. The molecule has 1 aromatic heterocycles. The Labute approximate surface area is 180 Å². The number of aryl methyl sites for hydroxylation is 1. The zero-order valence-electron chi connectivity index (χ0n) is 17.7. The fourth-order valence-electron chi connectivity index (χ4n) is 3.94. The number of rotatable bonds is 6. The number of halogens is 1. The largest absolute Gasteiger partial charge is 0.322 e. The molecule has 0 aliphatic carbocycles. The van der Waals surface area contributed by atoms with E-state index in [4.69, 9.17) is 0 Å². The second kappa shape index (κ2) is 9.31. The van der Waals surface area contributed by atoms with E-state index < -0.39 is 0 Å². The van der Waals surface area contributed by atoms with Gasteiger partial charge in [-0.05, 0) is 80.2 Å². The number of nitrogens with one attached hydrogen (secondary N) is 2. The number of aromatic nitrogens is 1. The molecule has 2 aromatic carbocycles. The van der Waals surface area contributed by atoms with Crippen LogP contribution in [0.15, 0.2) is 53.3 Å². The molecule has 0 saturated carbocycles. The highest BCUT2D eigenvalue weighted by molar-refractivity contribution is 5.89. The van der Waals surface area contributed by atoms with Crippen LogP contribution < -0.4 is 10.9 Å². The highest BCUT2D eigenvalue weighted by Crippen LogP contribution is 2.16. The van der Waals surface area contributed by atoms with Gasteiger partial charge in [0.1, 0.15) is 5.82 Å². The zero-order chi connectivity index (χ0) is 21.8. The van der Waals surface area contributed by atoms with Gasteiger partial charge >= 0.3 is 6.03 Å². The van der Waals surface area contributed by atoms with Crippen LogP contribution in [-0.2, 0) is 6.54 Å². The maximum Gasteiger partial charge on any atom is 0.322 e. The van der Waals surface area contributed by atoms with Crippen molar-refractivity contribution < 1.29 is 9.18 Å². The summed E-state index contributed by atoms with van der Waals surface area (Å²) in [6, 6.07) is 13.1. The van der Waals surface area contributed by atoms with E-state index in [0.29, 0.717) is 17.8 Å². The van der Waals surface area contributed by atoms with Crippen molar-refractivity contribution in [2.45, 2.75) is 26.3 Å². The minimum absolute atomic E-state index is 0.194. The Bertz CT molecular complexity index is 1120. The number of fused-ring (bicyclic) bond motifs is 1. The van der Waals surface area contributed by atoms with Crippen LogP contribution in [0.25, 0.3) is 10.9 Å². The van der Waals surface area contributed by atoms with Crippen molar-refractivity contribution in [3.63, 3.8) is 0 Å². The molecule has 2 amide bonds. The molecule has 1 fully saturated rings. The third kappa shape index (κ3) is 5.30. The standard InChI is InChI=1S/C24H27FN4O2/c1-17-4-5-18-15-19(23(30)27-22(18)14-17)16-29(13-12-28-10-2-3-11-28)24(31)26-21-8-6-20(25)7-9-21/h4-9,14-15H,2-3,10-13,16H2,1H3,(H,26,31)(H,27,30). The molecule has 2 N–H and O–H groups in total. The van der Waals surface area contributed by atoms with Crippen molar-refractivity contribution in [3.05, 3.63) is 75.8 Å². The first-order valence-electron chi connectivity index (χ1n) is 10.6. The molecule has 1 aliphatic rings. The Morgan fingerprint density at radius 2 is 1.87 bits per heavy atom. The summed E-state index contributed by atoms with van der Waals surface area (Å²) in [5.41, 5.74) is 2.71. The second-order valence-electron chi connectivity index (χ2n) is 8.12. The van der Waals surface area contributed by atoms with Crippen molar-refractivity contribution in [1.29, 1.82) is 0 Å². The molecule has 1 aliphatic heterocycles. The molecule has 162 valence electrons.